The molecule has 0 radical (unpaired) electrons. The van der Waals surface area contributed by atoms with Crippen LogP contribution in [0.5, 0.6) is 0 Å². The third-order valence-electron chi connectivity index (χ3n) is 8.93. The summed E-state index contributed by atoms with van der Waals surface area (Å²) in [5.74, 6) is -1.61. The number of hydrogen-bond donors (Lipinski definition) is 0. The van der Waals surface area contributed by atoms with E-state index in [0.717, 1.165) is 0 Å². The van der Waals surface area contributed by atoms with Crippen molar-refractivity contribution >= 4 is 16.3 Å². The van der Waals surface area contributed by atoms with E-state index in [1.165, 1.54) is 22.3 Å². The number of hydrogen-bond acceptors (Lipinski definition) is 0. The van der Waals surface area contributed by atoms with Crippen LogP contribution in [0.3, 0.4) is 0 Å². The van der Waals surface area contributed by atoms with Gasteiger partial charge in [-0.15, -0.1) is 0 Å². The third kappa shape index (κ3) is 4.70. The number of rotatable bonds is 5. The Morgan fingerprint density at radius 2 is 0.595 bits per heavy atom. The van der Waals surface area contributed by atoms with Crippen LogP contribution in [0.4, 0.5) is 0 Å². The molecule has 8 rings (SSSR count). The molecule has 0 aromatic heterocycles. The van der Waals surface area contributed by atoms with Crippen LogP contribution in [-0.4, -0.2) is 5.92 Å². The quantitative estimate of drug-likeness (QED) is 0.244. The van der Waals surface area contributed by atoms with E-state index < -0.39 is 26.8 Å². The first-order chi connectivity index (χ1) is 19.9. The van der Waals surface area contributed by atoms with Crippen molar-refractivity contribution < 1.29 is 45.7 Å². The zero-order valence-electron chi connectivity index (χ0n) is 23.0. The molecular weight excluding hydrogens is 647 g/mol. The van der Waals surface area contributed by atoms with Crippen LogP contribution in [0.15, 0.2) is 158 Å². The first kappa shape index (κ1) is 29.1. The summed E-state index contributed by atoms with van der Waals surface area (Å²) in [6.45, 7) is 0. The molecule has 0 fully saturated rings. The summed E-state index contributed by atoms with van der Waals surface area (Å²) in [4.78, 5) is 0. The van der Waals surface area contributed by atoms with E-state index in [1.54, 1.807) is 32.6 Å². The number of halogens is 2. The van der Waals surface area contributed by atoms with Gasteiger partial charge in [0, 0.05) is 0 Å². The average molecular weight is 676 g/mol. The predicted octanol–water partition coefficient (Wildman–Crippen LogP) is 1.69. The zero-order chi connectivity index (χ0) is 26.5. The first-order valence-corrected chi connectivity index (χ1v) is 23.1. The summed E-state index contributed by atoms with van der Waals surface area (Å²) in [6, 6.07) is 60.5. The van der Waals surface area contributed by atoms with Crippen LogP contribution < -0.4 is 35.2 Å². The molecular formula is C38H29Cl2SiZr. The molecule has 6 aromatic carbocycles. The van der Waals surface area contributed by atoms with Crippen molar-refractivity contribution in [1.29, 1.82) is 0 Å². The summed E-state index contributed by atoms with van der Waals surface area (Å²) in [5, 5.41) is 3.21. The maximum absolute atomic E-state index is 2.60. The van der Waals surface area contributed by atoms with Gasteiger partial charge in [-0.1, -0.05) is 0 Å². The van der Waals surface area contributed by atoms with E-state index in [2.05, 4.69) is 158 Å². The van der Waals surface area contributed by atoms with Crippen molar-refractivity contribution in [2.45, 2.75) is 7.25 Å². The molecule has 4 heteroatoms. The Balaban J connectivity index is 0.00000158. The Morgan fingerprint density at radius 3 is 0.905 bits per heavy atom. The van der Waals surface area contributed by atoms with Crippen molar-refractivity contribution in [1.82, 2.24) is 0 Å². The number of fused-ring (bicyclic) bond motifs is 6. The minimum atomic E-state index is -2.60. The molecule has 0 N–H and O–H groups in total. The molecule has 0 amide bonds. The summed E-state index contributed by atoms with van der Waals surface area (Å²) in [5.41, 5.74) is 12.1. The average Bonchev–Trinajstić information content (AvgIpc) is 3.54. The Bertz CT molecular complexity index is 1610. The molecule has 0 bridgehead atoms. The standard InChI is InChI=1S/2C13H9.C12H11Si.2ClH.Zr/c2*1-3-7-12-10(5-1)9-11-6-2-4-8-13(11)12;1-3-7-11(8-4-1)13-12-9-5-2-6-10-12;;;/h2*1-9H;1-10,13H;2*1H;/q;;;;;+2/p-2. The SMILES string of the molecule is [Cl-].[Cl-].c1ccc([SiH](c2ccccc2)[Zr+2]([CH]2c3ccccc3-c3ccccc32)[CH]2c3ccccc3-c3ccccc32)cc1. The van der Waals surface area contributed by atoms with Crippen molar-refractivity contribution in [2.75, 3.05) is 0 Å². The Kier molecular flexibility index (Phi) is 8.53. The summed E-state index contributed by atoms with van der Waals surface area (Å²) in [7, 11) is 0. The van der Waals surface area contributed by atoms with Crippen LogP contribution >= 0.6 is 0 Å². The van der Waals surface area contributed by atoms with E-state index in [9.17, 15) is 0 Å². The molecule has 0 heterocycles. The molecule has 2 aliphatic rings. The fraction of sp³-hybridized carbons (Fsp3) is 0.0526. The van der Waals surface area contributed by atoms with Gasteiger partial charge in [-0.25, -0.2) is 0 Å². The van der Waals surface area contributed by atoms with Crippen LogP contribution in [0.25, 0.3) is 22.3 Å². The van der Waals surface area contributed by atoms with Crippen molar-refractivity contribution in [3.8, 4) is 22.3 Å². The molecule has 42 heavy (non-hydrogen) atoms. The van der Waals surface area contributed by atoms with Gasteiger partial charge in [0.05, 0.1) is 0 Å². The van der Waals surface area contributed by atoms with Crippen molar-refractivity contribution in [3.05, 3.63) is 180 Å². The van der Waals surface area contributed by atoms with Crippen LogP contribution in [-0.2, 0) is 20.9 Å². The second-order valence-corrected chi connectivity index (χ2v) is 26.7. The van der Waals surface area contributed by atoms with Gasteiger partial charge < -0.3 is 24.8 Å². The third-order valence-corrected chi connectivity index (χ3v) is 31.8. The normalized spacial score (nSPS) is 12.9. The molecule has 0 atom stereocenters. The Hall–Kier alpha value is -3.00. The molecule has 2 aliphatic carbocycles. The zero-order valence-corrected chi connectivity index (χ0v) is 28.1. The molecule has 203 valence electrons. The van der Waals surface area contributed by atoms with Gasteiger partial charge in [0.2, 0.25) is 0 Å². The number of benzene rings is 6. The van der Waals surface area contributed by atoms with E-state index in [-0.39, 0.29) is 24.8 Å². The monoisotopic (exact) mass is 673 g/mol. The van der Waals surface area contributed by atoms with Crippen molar-refractivity contribution in [2.24, 2.45) is 0 Å². The Morgan fingerprint density at radius 1 is 0.333 bits per heavy atom. The summed E-state index contributed by atoms with van der Waals surface area (Å²) >= 11 is -2.60. The second-order valence-electron chi connectivity index (χ2n) is 11.0. The molecule has 0 saturated heterocycles. The molecule has 0 aliphatic heterocycles. The van der Waals surface area contributed by atoms with Crippen LogP contribution in [0, 0.1) is 0 Å². The van der Waals surface area contributed by atoms with Crippen molar-refractivity contribution in [3.63, 3.8) is 0 Å². The second kappa shape index (κ2) is 12.3. The fourth-order valence-electron chi connectivity index (χ4n) is 7.40. The van der Waals surface area contributed by atoms with Crippen LogP contribution in [0.1, 0.15) is 29.5 Å². The van der Waals surface area contributed by atoms with Gasteiger partial charge in [0.25, 0.3) is 0 Å². The minimum absolute atomic E-state index is 0. The molecule has 0 unspecified atom stereocenters. The molecule has 0 saturated carbocycles. The van der Waals surface area contributed by atoms with Gasteiger partial charge in [-0.3, -0.25) is 0 Å². The summed E-state index contributed by atoms with van der Waals surface area (Å²) in [6.07, 6.45) is 0. The van der Waals surface area contributed by atoms with E-state index in [1.807, 2.05) is 0 Å². The molecule has 0 nitrogen and oxygen atoms in total. The van der Waals surface area contributed by atoms with Crippen LogP contribution in [0.2, 0.25) is 0 Å². The van der Waals surface area contributed by atoms with Gasteiger partial charge >= 0.3 is 247 Å². The predicted molar refractivity (Wildman–Crippen MR) is 167 cm³/mol. The summed E-state index contributed by atoms with van der Waals surface area (Å²) < 4.78 is 1.02. The fourth-order valence-corrected chi connectivity index (χ4v) is 34.9. The van der Waals surface area contributed by atoms with Gasteiger partial charge in [-0.2, -0.15) is 0 Å². The topological polar surface area (TPSA) is 0 Å². The maximum atomic E-state index is 2.45. The molecule has 0 spiro atoms. The van der Waals surface area contributed by atoms with Gasteiger partial charge in [-0.05, 0) is 0 Å². The van der Waals surface area contributed by atoms with E-state index >= 15 is 0 Å². The van der Waals surface area contributed by atoms with E-state index in [4.69, 9.17) is 0 Å². The Labute approximate surface area is 269 Å². The van der Waals surface area contributed by atoms with E-state index in [0.29, 0.717) is 7.25 Å². The van der Waals surface area contributed by atoms with Gasteiger partial charge in [0.15, 0.2) is 0 Å². The molecule has 6 aromatic rings. The van der Waals surface area contributed by atoms with Gasteiger partial charge in [0.1, 0.15) is 0 Å². The first-order valence-electron chi connectivity index (χ1n) is 14.2.